The average molecular weight is 369 g/mol. The molecule has 0 radical (unpaired) electrons. The van der Waals surface area contributed by atoms with Crippen LogP contribution in [0.4, 0.5) is 5.69 Å². The van der Waals surface area contributed by atoms with Gasteiger partial charge in [-0.05, 0) is 29.5 Å². The Labute approximate surface area is 148 Å². The molecule has 1 aromatic carbocycles. The summed E-state index contributed by atoms with van der Waals surface area (Å²) in [6.45, 7) is 3.76. The highest BCUT2D eigenvalue weighted by Crippen LogP contribution is 2.60. The topological polar surface area (TPSA) is 93.2 Å². The second-order valence-electron chi connectivity index (χ2n) is 6.08. The number of non-ortho nitro benzene ring substituents is 1. The van der Waals surface area contributed by atoms with Gasteiger partial charge in [-0.15, -0.1) is 0 Å². The summed E-state index contributed by atoms with van der Waals surface area (Å²) in [7, 11) is 0. The van der Waals surface area contributed by atoms with Crippen LogP contribution in [0.5, 0.6) is 0 Å². The predicted octanol–water partition coefficient (Wildman–Crippen LogP) is 4.29. The standard InChI is InChI=1S/C16H14Cl2N2O4/c1-16(2)11(7-13(17)18)14(16)15(21)24-12(8-19)9-3-5-10(6-4-9)20(22)23/h3-7,11-12,14H,1-2H3. The van der Waals surface area contributed by atoms with Crippen molar-refractivity contribution in [3.05, 3.63) is 50.5 Å². The molecule has 0 N–H and O–H groups in total. The minimum Gasteiger partial charge on any atom is -0.442 e. The van der Waals surface area contributed by atoms with E-state index < -0.39 is 22.9 Å². The normalized spacial score (nSPS) is 22.0. The number of benzene rings is 1. The summed E-state index contributed by atoms with van der Waals surface area (Å²) < 4.78 is 5.35. The summed E-state index contributed by atoms with van der Waals surface area (Å²) in [4.78, 5) is 22.4. The molecule has 8 heteroatoms. The third-order valence-electron chi connectivity index (χ3n) is 4.23. The smallest absolute Gasteiger partial charge is 0.311 e. The zero-order valence-corrected chi connectivity index (χ0v) is 14.4. The van der Waals surface area contributed by atoms with E-state index in [0.717, 1.165) is 0 Å². The summed E-state index contributed by atoms with van der Waals surface area (Å²) in [5.41, 5.74) is -0.0915. The molecule has 3 atom stereocenters. The van der Waals surface area contributed by atoms with Crippen LogP contribution in [-0.4, -0.2) is 10.9 Å². The molecule has 1 aliphatic carbocycles. The number of halogens is 2. The Balaban J connectivity index is 2.11. The van der Waals surface area contributed by atoms with Crippen LogP contribution in [0.15, 0.2) is 34.8 Å². The van der Waals surface area contributed by atoms with Crippen molar-refractivity contribution >= 4 is 34.9 Å². The molecule has 1 saturated carbocycles. The predicted molar refractivity (Wildman–Crippen MR) is 88.1 cm³/mol. The van der Waals surface area contributed by atoms with Crippen molar-refractivity contribution in [2.24, 2.45) is 17.3 Å². The summed E-state index contributed by atoms with van der Waals surface area (Å²) in [5, 5.41) is 19.9. The van der Waals surface area contributed by atoms with Crippen LogP contribution in [-0.2, 0) is 9.53 Å². The van der Waals surface area contributed by atoms with Gasteiger partial charge in [-0.2, -0.15) is 5.26 Å². The van der Waals surface area contributed by atoms with E-state index in [9.17, 15) is 20.2 Å². The molecule has 0 amide bonds. The minimum atomic E-state index is -1.13. The van der Waals surface area contributed by atoms with Gasteiger partial charge in [-0.25, -0.2) is 0 Å². The Hall–Kier alpha value is -2.10. The highest BCUT2D eigenvalue weighted by Gasteiger charge is 2.62. The lowest BCUT2D eigenvalue weighted by molar-refractivity contribution is -0.384. The number of nitriles is 1. The lowest BCUT2D eigenvalue weighted by Gasteiger charge is -2.11. The number of carbonyl (C=O) groups is 1. The first-order chi connectivity index (χ1) is 11.2. The minimum absolute atomic E-state index is 0.0792. The van der Waals surface area contributed by atoms with E-state index in [-0.39, 0.29) is 21.5 Å². The number of rotatable bonds is 5. The maximum absolute atomic E-state index is 12.3. The molecule has 6 nitrogen and oxygen atoms in total. The number of ether oxygens (including phenoxy) is 1. The molecule has 0 spiro atoms. The number of nitro benzene ring substituents is 1. The Morgan fingerprint density at radius 3 is 2.46 bits per heavy atom. The fourth-order valence-corrected chi connectivity index (χ4v) is 2.98. The molecule has 0 saturated heterocycles. The summed E-state index contributed by atoms with van der Waals surface area (Å²) in [6, 6.07) is 7.18. The van der Waals surface area contributed by atoms with Crippen LogP contribution in [0.1, 0.15) is 25.5 Å². The van der Waals surface area contributed by atoms with Crippen LogP contribution in [0, 0.1) is 38.7 Å². The van der Waals surface area contributed by atoms with Crippen LogP contribution < -0.4 is 0 Å². The number of nitro groups is 1. The average Bonchev–Trinajstić information content (AvgIpc) is 3.04. The van der Waals surface area contributed by atoms with Crippen molar-refractivity contribution < 1.29 is 14.5 Å². The molecule has 24 heavy (non-hydrogen) atoms. The van der Waals surface area contributed by atoms with Crippen molar-refractivity contribution in [1.29, 1.82) is 5.26 Å². The van der Waals surface area contributed by atoms with Gasteiger partial charge in [-0.1, -0.05) is 37.0 Å². The molecule has 1 fully saturated rings. The van der Waals surface area contributed by atoms with Crippen LogP contribution in [0.25, 0.3) is 0 Å². The molecule has 0 bridgehead atoms. The van der Waals surface area contributed by atoms with Gasteiger partial charge in [0.25, 0.3) is 5.69 Å². The molecule has 0 aromatic heterocycles. The van der Waals surface area contributed by atoms with Crippen molar-refractivity contribution in [2.45, 2.75) is 20.0 Å². The van der Waals surface area contributed by atoms with Gasteiger partial charge in [0.05, 0.1) is 10.8 Å². The Morgan fingerprint density at radius 1 is 1.42 bits per heavy atom. The largest absolute Gasteiger partial charge is 0.442 e. The van der Waals surface area contributed by atoms with E-state index in [1.54, 1.807) is 6.08 Å². The maximum Gasteiger partial charge on any atom is 0.311 e. The number of nitrogens with zero attached hydrogens (tertiary/aromatic N) is 2. The number of allylic oxidation sites excluding steroid dienone is 1. The molecule has 1 aromatic rings. The number of hydrogen-bond donors (Lipinski definition) is 0. The fraction of sp³-hybridized carbons (Fsp3) is 0.375. The number of hydrogen-bond acceptors (Lipinski definition) is 5. The van der Waals surface area contributed by atoms with E-state index in [1.807, 2.05) is 19.9 Å². The highest BCUT2D eigenvalue weighted by atomic mass is 35.5. The fourth-order valence-electron chi connectivity index (χ4n) is 2.70. The molecular weight excluding hydrogens is 355 g/mol. The molecular formula is C16H14Cl2N2O4. The molecule has 0 aliphatic heterocycles. The van der Waals surface area contributed by atoms with Crippen molar-refractivity contribution in [2.75, 3.05) is 0 Å². The van der Waals surface area contributed by atoms with Gasteiger partial charge < -0.3 is 4.74 Å². The first kappa shape index (κ1) is 18.2. The van der Waals surface area contributed by atoms with Crippen molar-refractivity contribution in [3.8, 4) is 6.07 Å². The van der Waals surface area contributed by atoms with E-state index in [4.69, 9.17) is 27.9 Å². The molecule has 3 unspecified atom stereocenters. The monoisotopic (exact) mass is 368 g/mol. The van der Waals surface area contributed by atoms with Crippen LogP contribution >= 0.6 is 23.2 Å². The van der Waals surface area contributed by atoms with Gasteiger partial charge in [0.15, 0.2) is 0 Å². The Kier molecular flexibility index (Phi) is 5.16. The lowest BCUT2D eigenvalue weighted by atomic mass is 10.1. The number of carbonyl (C=O) groups excluding carboxylic acids is 1. The van der Waals surface area contributed by atoms with Gasteiger partial charge in [-0.3, -0.25) is 14.9 Å². The van der Waals surface area contributed by atoms with Crippen molar-refractivity contribution in [3.63, 3.8) is 0 Å². The highest BCUT2D eigenvalue weighted by molar-refractivity contribution is 6.55. The van der Waals surface area contributed by atoms with Crippen LogP contribution in [0.3, 0.4) is 0 Å². The molecule has 0 heterocycles. The summed E-state index contributed by atoms with van der Waals surface area (Å²) in [5.74, 6) is -1.13. The number of esters is 1. The Bertz CT molecular complexity index is 733. The second-order valence-corrected chi connectivity index (χ2v) is 7.08. The van der Waals surface area contributed by atoms with E-state index in [2.05, 4.69) is 0 Å². The van der Waals surface area contributed by atoms with Gasteiger partial charge in [0.1, 0.15) is 10.6 Å². The van der Waals surface area contributed by atoms with Gasteiger partial charge >= 0.3 is 5.97 Å². The third-order valence-corrected chi connectivity index (χ3v) is 4.48. The zero-order chi connectivity index (χ0) is 18.1. The first-order valence-corrected chi connectivity index (χ1v) is 7.81. The van der Waals surface area contributed by atoms with E-state index >= 15 is 0 Å². The third kappa shape index (κ3) is 3.69. The van der Waals surface area contributed by atoms with Gasteiger partial charge in [0, 0.05) is 17.7 Å². The SMILES string of the molecule is CC1(C)C(C=C(Cl)Cl)C1C(=O)OC(C#N)c1ccc([N+](=O)[O-])cc1. The Morgan fingerprint density at radius 2 is 2.00 bits per heavy atom. The van der Waals surface area contributed by atoms with E-state index in [0.29, 0.717) is 5.56 Å². The van der Waals surface area contributed by atoms with Gasteiger partial charge in [0.2, 0.25) is 6.10 Å². The van der Waals surface area contributed by atoms with E-state index in [1.165, 1.54) is 24.3 Å². The maximum atomic E-state index is 12.3. The van der Waals surface area contributed by atoms with Crippen molar-refractivity contribution in [1.82, 2.24) is 0 Å². The summed E-state index contributed by atoms with van der Waals surface area (Å²) >= 11 is 11.3. The quantitative estimate of drug-likeness (QED) is 0.438. The zero-order valence-electron chi connectivity index (χ0n) is 12.9. The van der Waals surface area contributed by atoms with Crippen LogP contribution in [0.2, 0.25) is 0 Å². The molecule has 1 aliphatic rings. The summed E-state index contributed by atoms with van der Waals surface area (Å²) in [6.07, 6.45) is 0.452. The first-order valence-electron chi connectivity index (χ1n) is 7.05. The molecule has 126 valence electrons. The lowest BCUT2D eigenvalue weighted by Crippen LogP contribution is -2.14. The molecule has 2 rings (SSSR count). The second kappa shape index (κ2) is 6.80.